The molecule has 9 aromatic carbocycles. The van der Waals surface area contributed by atoms with E-state index < -0.39 is 5.41 Å². The van der Waals surface area contributed by atoms with E-state index in [0.717, 1.165) is 17.1 Å². The Morgan fingerprint density at radius 1 is 0.327 bits per heavy atom. The maximum Gasteiger partial charge on any atom is 0.135 e. The molecule has 0 atom stereocenters. The van der Waals surface area contributed by atoms with Gasteiger partial charge in [-0.15, -0.1) is 0 Å². The molecule has 0 amide bonds. The Labute approximate surface area is 303 Å². The van der Waals surface area contributed by atoms with Crippen molar-refractivity contribution in [1.82, 2.24) is 0 Å². The Bertz CT molecular complexity index is 2810. The average Bonchev–Trinajstić information content (AvgIpc) is 3.50. The number of fused-ring (bicyclic) bond motifs is 6. The lowest BCUT2D eigenvalue weighted by Gasteiger charge is -2.34. The summed E-state index contributed by atoms with van der Waals surface area (Å²) in [4.78, 5) is 0. The third-order valence-corrected chi connectivity index (χ3v) is 11.3. The van der Waals surface area contributed by atoms with Crippen LogP contribution >= 0.6 is 0 Å². The molecule has 0 fully saturated rings. The molecule has 1 aliphatic carbocycles. The molecule has 1 aliphatic heterocycles. The predicted octanol–water partition coefficient (Wildman–Crippen LogP) is 13.5. The highest BCUT2D eigenvalue weighted by Crippen LogP contribution is 2.58. The van der Waals surface area contributed by atoms with E-state index in [0.29, 0.717) is 0 Å². The average molecular weight is 661 g/mol. The second kappa shape index (κ2) is 11.2. The van der Waals surface area contributed by atoms with E-state index in [9.17, 15) is 0 Å². The van der Waals surface area contributed by atoms with Crippen LogP contribution in [0.3, 0.4) is 0 Å². The summed E-state index contributed by atoms with van der Waals surface area (Å²) < 4.78 is 6.48. The number of hydrogen-bond donors (Lipinski definition) is 0. The zero-order valence-corrected chi connectivity index (χ0v) is 28.4. The van der Waals surface area contributed by atoms with Gasteiger partial charge in [0, 0.05) is 10.9 Å². The van der Waals surface area contributed by atoms with Crippen LogP contribution in [0.15, 0.2) is 194 Å². The fourth-order valence-electron chi connectivity index (χ4n) is 9.05. The SMILES string of the molecule is c1ccc(-c2cccc3cc4c(cc23)-c2ccc(-c3ccc5c(c3)-c3cccc6cccc(c36)O5)cc2C4(c2ccccc2)c2ccccc2)cc1. The Balaban J connectivity index is 1.18. The number of ether oxygens (including phenoxy) is 1. The van der Waals surface area contributed by atoms with Crippen LogP contribution in [0.5, 0.6) is 11.5 Å². The molecule has 9 aromatic rings. The molecule has 1 heterocycles. The van der Waals surface area contributed by atoms with E-state index in [1.807, 2.05) is 0 Å². The standard InChI is InChI=1S/C51H32O/c1-4-13-33(14-5-1)40-22-11-17-37-31-47-44(32-43(37)40)41-27-25-36(30-46(41)51(47,38-18-6-2-7-19-38)39-20-8-3-9-21-39)35-26-28-48-45(29-35)42-23-10-15-34-16-12-24-49(52-48)50(34)42/h1-32H. The number of benzene rings is 9. The lowest BCUT2D eigenvalue weighted by Crippen LogP contribution is -2.28. The third-order valence-electron chi connectivity index (χ3n) is 11.3. The van der Waals surface area contributed by atoms with Gasteiger partial charge in [-0.05, 0) is 114 Å². The predicted molar refractivity (Wildman–Crippen MR) is 215 cm³/mol. The van der Waals surface area contributed by atoms with Gasteiger partial charge in [-0.2, -0.15) is 0 Å². The Hall–Kier alpha value is -6.70. The Morgan fingerprint density at radius 2 is 0.942 bits per heavy atom. The van der Waals surface area contributed by atoms with Crippen LogP contribution < -0.4 is 4.74 Å². The maximum absolute atomic E-state index is 6.48. The summed E-state index contributed by atoms with van der Waals surface area (Å²) in [5.41, 5.74) is 14.4. The molecule has 2 aliphatic rings. The summed E-state index contributed by atoms with van der Waals surface area (Å²) in [6.07, 6.45) is 0. The fraction of sp³-hybridized carbons (Fsp3) is 0.0196. The maximum atomic E-state index is 6.48. The van der Waals surface area contributed by atoms with Gasteiger partial charge in [0.1, 0.15) is 11.5 Å². The van der Waals surface area contributed by atoms with Gasteiger partial charge in [0.2, 0.25) is 0 Å². The number of hydrogen-bond acceptors (Lipinski definition) is 1. The largest absolute Gasteiger partial charge is 0.456 e. The highest BCUT2D eigenvalue weighted by molar-refractivity contribution is 6.05. The fourth-order valence-corrected chi connectivity index (χ4v) is 9.05. The van der Waals surface area contributed by atoms with E-state index in [1.165, 1.54) is 82.7 Å². The van der Waals surface area contributed by atoms with E-state index >= 15 is 0 Å². The number of rotatable bonds is 4. The summed E-state index contributed by atoms with van der Waals surface area (Å²) in [5, 5.41) is 4.88. The van der Waals surface area contributed by atoms with E-state index in [-0.39, 0.29) is 0 Å². The van der Waals surface area contributed by atoms with Crippen LogP contribution in [-0.4, -0.2) is 0 Å². The minimum Gasteiger partial charge on any atom is -0.456 e. The van der Waals surface area contributed by atoms with Gasteiger partial charge >= 0.3 is 0 Å². The molecular formula is C51H32O. The summed E-state index contributed by atoms with van der Waals surface area (Å²) in [6.45, 7) is 0. The summed E-state index contributed by atoms with van der Waals surface area (Å²) in [7, 11) is 0. The van der Waals surface area contributed by atoms with E-state index in [1.54, 1.807) is 0 Å². The molecule has 242 valence electrons. The summed E-state index contributed by atoms with van der Waals surface area (Å²) in [6, 6.07) is 71.2. The van der Waals surface area contributed by atoms with Gasteiger partial charge in [0.15, 0.2) is 0 Å². The lowest BCUT2D eigenvalue weighted by atomic mass is 9.67. The van der Waals surface area contributed by atoms with Gasteiger partial charge in [-0.25, -0.2) is 0 Å². The van der Waals surface area contributed by atoms with Crippen molar-refractivity contribution in [1.29, 1.82) is 0 Å². The molecule has 0 saturated heterocycles. The van der Waals surface area contributed by atoms with Gasteiger partial charge in [0.25, 0.3) is 0 Å². The van der Waals surface area contributed by atoms with Crippen LogP contribution in [0, 0.1) is 0 Å². The third kappa shape index (κ3) is 4.11. The van der Waals surface area contributed by atoms with Gasteiger partial charge in [-0.3, -0.25) is 0 Å². The Kier molecular flexibility index (Phi) is 6.23. The molecule has 0 bridgehead atoms. The normalized spacial score (nSPS) is 13.3. The first-order chi connectivity index (χ1) is 25.8. The van der Waals surface area contributed by atoms with Crippen LogP contribution in [-0.2, 0) is 5.41 Å². The second-order valence-electron chi connectivity index (χ2n) is 14.0. The van der Waals surface area contributed by atoms with Crippen molar-refractivity contribution in [2.45, 2.75) is 5.41 Å². The lowest BCUT2D eigenvalue weighted by molar-refractivity contribution is 0.487. The quantitative estimate of drug-likeness (QED) is 0.183. The first-order valence-electron chi connectivity index (χ1n) is 18.0. The van der Waals surface area contributed by atoms with Gasteiger partial charge in [0.05, 0.1) is 5.41 Å². The highest BCUT2D eigenvalue weighted by atomic mass is 16.5. The van der Waals surface area contributed by atoms with Crippen molar-refractivity contribution in [2.24, 2.45) is 0 Å². The van der Waals surface area contributed by atoms with Crippen LogP contribution in [0.2, 0.25) is 0 Å². The Morgan fingerprint density at radius 3 is 1.69 bits per heavy atom. The molecule has 11 rings (SSSR count). The summed E-state index contributed by atoms with van der Waals surface area (Å²) >= 11 is 0. The monoisotopic (exact) mass is 660 g/mol. The van der Waals surface area contributed by atoms with Crippen LogP contribution in [0.4, 0.5) is 0 Å². The first-order valence-corrected chi connectivity index (χ1v) is 18.0. The second-order valence-corrected chi connectivity index (χ2v) is 14.0. The molecule has 1 heteroatoms. The van der Waals surface area contributed by atoms with Crippen LogP contribution in [0.1, 0.15) is 22.3 Å². The first kappa shape index (κ1) is 29.1. The molecule has 1 nitrogen and oxygen atoms in total. The molecule has 0 unspecified atom stereocenters. The molecule has 0 spiro atoms. The minimum atomic E-state index is -0.512. The van der Waals surface area contributed by atoms with E-state index in [2.05, 4.69) is 194 Å². The summed E-state index contributed by atoms with van der Waals surface area (Å²) in [5.74, 6) is 1.81. The van der Waals surface area contributed by atoms with Crippen molar-refractivity contribution in [3.8, 4) is 56.0 Å². The van der Waals surface area contributed by atoms with Crippen molar-refractivity contribution < 1.29 is 4.74 Å². The van der Waals surface area contributed by atoms with Gasteiger partial charge in [-0.1, -0.05) is 158 Å². The van der Waals surface area contributed by atoms with Gasteiger partial charge < -0.3 is 4.74 Å². The molecule has 0 saturated carbocycles. The topological polar surface area (TPSA) is 9.23 Å². The zero-order chi connectivity index (χ0) is 34.2. The zero-order valence-electron chi connectivity index (χ0n) is 28.4. The van der Waals surface area contributed by atoms with Crippen molar-refractivity contribution in [3.05, 3.63) is 216 Å². The van der Waals surface area contributed by atoms with Crippen molar-refractivity contribution in [3.63, 3.8) is 0 Å². The highest BCUT2D eigenvalue weighted by Gasteiger charge is 2.46. The molecule has 52 heavy (non-hydrogen) atoms. The van der Waals surface area contributed by atoms with Crippen LogP contribution in [0.25, 0.3) is 66.1 Å². The molecular weight excluding hydrogens is 629 g/mol. The molecule has 0 aromatic heterocycles. The smallest absolute Gasteiger partial charge is 0.135 e. The van der Waals surface area contributed by atoms with Crippen molar-refractivity contribution >= 4 is 21.5 Å². The molecule has 0 radical (unpaired) electrons. The molecule has 0 N–H and O–H groups in total. The van der Waals surface area contributed by atoms with Crippen molar-refractivity contribution in [2.75, 3.05) is 0 Å². The minimum absolute atomic E-state index is 0.512. The van der Waals surface area contributed by atoms with E-state index in [4.69, 9.17) is 4.74 Å².